The Hall–Kier alpha value is -2.89. The first-order valence-electron chi connectivity index (χ1n) is 5.54. The standard InChI is InChI=1S/C12H7F3N4O2/c13-12(14,15)11-18-10(19-21-11)8-3-1-7(2-4-8)9(5-16)6-17-20/h1-4,6,9,20H. The molecule has 0 saturated carbocycles. The smallest absolute Gasteiger partial charge is 0.411 e. The molecule has 0 bridgehead atoms. The van der Waals surface area contributed by atoms with Gasteiger partial charge in [-0.3, -0.25) is 0 Å². The molecule has 108 valence electrons. The maximum absolute atomic E-state index is 12.3. The summed E-state index contributed by atoms with van der Waals surface area (Å²) in [5, 5.41) is 23.3. The number of nitriles is 1. The monoisotopic (exact) mass is 296 g/mol. The van der Waals surface area contributed by atoms with E-state index >= 15 is 0 Å². The topological polar surface area (TPSA) is 95.3 Å². The second kappa shape index (κ2) is 5.62. The fraction of sp³-hybridized carbons (Fsp3) is 0.167. The minimum absolute atomic E-state index is 0.210. The van der Waals surface area contributed by atoms with E-state index in [1.165, 1.54) is 24.3 Å². The van der Waals surface area contributed by atoms with Gasteiger partial charge in [-0.15, -0.1) is 5.16 Å². The first-order chi connectivity index (χ1) is 9.95. The quantitative estimate of drug-likeness (QED) is 0.534. The van der Waals surface area contributed by atoms with Crippen LogP contribution in [0, 0.1) is 11.3 Å². The second-order valence-corrected chi connectivity index (χ2v) is 3.91. The van der Waals surface area contributed by atoms with Gasteiger partial charge in [-0.25, -0.2) is 0 Å². The second-order valence-electron chi connectivity index (χ2n) is 3.91. The van der Waals surface area contributed by atoms with Gasteiger partial charge in [0.05, 0.1) is 12.3 Å². The van der Waals surface area contributed by atoms with Crippen molar-refractivity contribution in [1.82, 2.24) is 10.1 Å². The predicted octanol–water partition coefficient (Wildman–Crippen LogP) is 2.82. The summed E-state index contributed by atoms with van der Waals surface area (Å²) >= 11 is 0. The predicted molar refractivity (Wildman–Crippen MR) is 63.4 cm³/mol. The number of halogens is 3. The molecule has 1 aromatic heterocycles. The maximum Gasteiger partial charge on any atom is 0.471 e. The molecule has 9 heteroatoms. The van der Waals surface area contributed by atoms with E-state index in [9.17, 15) is 13.2 Å². The van der Waals surface area contributed by atoms with Gasteiger partial charge >= 0.3 is 12.1 Å². The fourth-order valence-electron chi connectivity index (χ4n) is 1.56. The minimum atomic E-state index is -4.70. The van der Waals surface area contributed by atoms with Crippen LogP contribution in [0.3, 0.4) is 0 Å². The van der Waals surface area contributed by atoms with E-state index in [-0.39, 0.29) is 5.82 Å². The van der Waals surface area contributed by atoms with Crippen molar-refractivity contribution in [3.8, 4) is 17.5 Å². The summed E-state index contributed by atoms with van der Waals surface area (Å²) in [5.74, 6) is -2.40. The van der Waals surface area contributed by atoms with Crippen molar-refractivity contribution in [3.05, 3.63) is 35.7 Å². The Morgan fingerprint density at radius 3 is 2.48 bits per heavy atom. The van der Waals surface area contributed by atoms with E-state index in [1.807, 2.05) is 6.07 Å². The number of oxime groups is 1. The molecule has 0 fully saturated rings. The van der Waals surface area contributed by atoms with Crippen LogP contribution in [0.2, 0.25) is 0 Å². The third-order valence-corrected chi connectivity index (χ3v) is 2.55. The van der Waals surface area contributed by atoms with Gasteiger partial charge in [0.15, 0.2) is 0 Å². The third-order valence-electron chi connectivity index (χ3n) is 2.55. The van der Waals surface area contributed by atoms with Gasteiger partial charge < -0.3 is 9.73 Å². The zero-order valence-corrected chi connectivity index (χ0v) is 10.2. The summed E-state index contributed by atoms with van der Waals surface area (Å²) in [4.78, 5) is 3.25. The van der Waals surface area contributed by atoms with E-state index < -0.39 is 18.0 Å². The zero-order chi connectivity index (χ0) is 15.5. The van der Waals surface area contributed by atoms with Crippen LogP contribution in [0.15, 0.2) is 33.9 Å². The van der Waals surface area contributed by atoms with Gasteiger partial charge in [0.25, 0.3) is 0 Å². The summed E-state index contributed by atoms with van der Waals surface area (Å²) in [6.45, 7) is 0. The van der Waals surface area contributed by atoms with Crippen LogP contribution in [0.1, 0.15) is 17.4 Å². The van der Waals surface area contributed by atoms with Crippen LogP contribution in [0.4, 0.5) is 13.2 Å². The molecule has 6 nitrogen and oxygen atoms in total. The Labute approximate surface area is 116 Å². The highest BCUT2D eigenvalue weighted by Gasteiger charge is 2.38. The number of alkyl halides is 3. The van der Waals surface area contributed by atoms with Crippen LogP contribution in [0.25, 0.3) is 11.4 Å². The molecule has 1 heterocycles. The van der Waals surface area contributed by atoms with E-state index in [0.29, 0.717) is 11.1 Å². The van der Waals surface area contributed by atoms with Crippen LogP contribution >= 0.6 is 0 Å². The highest BCUT2D eigenvalue weighted by Crippen LogP contribution is 2.29. The van der Waals surface area contributed by atoms with Crippen LogP contribution in [-0.4, -0.2) is 21.6 Å². The summed E-state index contributed by atoms with van der Waals surface area (Å²) in [7, 11) is 0. The molecular weight excluding hydrogens is 289 g/mol. The van der Waals surface area contributed by atoms with Gasteiger partial charge in [0.1, 0.15) is 5.92 Å². The van der Waals surface area contributed by atoms with E-state index in [1.54, 1.807) is 0 Å². The lowest BCUT2D eigenvalue weighted by Crippen LogP contribution is -2.04. The zero-order valence-electron chi connectivity index (χ0n) is 10.2. The molecule has 0 aliphatic carbocycles. The fourth-order valence-corrected chi connectivity index (χ4v) is 1.56. The molecule has 1 aromatic carbocycles. The molecule has 2 aromatic rings. The average Bonchev–Trinajstić information content (AvgIpc) is 2.95. The number of aromatic nitrogens is 2. The number of hydrogen-bond acceptors (Lipinski definition) is 6. The lowest BCUT2D eigenvalue weighted by Gasteiger charge is -2.03. The molecule has 0 radical (unpaired) electrons. The highest BCUT2D eigenvalue weighted by molar-refractivity contribution is 5.71. The third kappa shape index (κ3) is 3.17. The van der Waals surface area contributed by atoms with Crippen molar-refractivity contribution in [1.29, 1.82) is 5.26 Å². The lowest BCUT2D eigenvalue weighted by molar-refractivity contribution is -0.159. The van der Waals surface area contributed by atoms with Gasteiger partial charge in [-0.2, -0.15) is 23.4 Å². The maximum atomic E-state index is 12.3. The Morgan fingerprint density at radius 1 is 1.33 bits per heavy atom. The molecule has 2 rings (SSSR count). The Kier molecular flexibility index (Phi) is 3.89. The van der Waals surface area contributed by atoms with Crippen molar-refractivity contribution < 1.29 is 22.9 Å². The van der Waals surface area contributed by atoms with E-state index in [0.717, 1.165) is 6.21 Å². The SMILES string of the molecule is N#CC(C=NO)c1ccc(-c2noc(C(F)(F)F)n2)cc1. The number of rotatable bonds is 3. The molecule has 0 saturated heterocycles. The average molecular weight is 296 g/mol. The molecule has 21 heavy (non-hydrogen) atoms. The van der Waals surface area contributed by atoms with E-state index in [4.69, 9.17) is 10.5 Å². The van der Waals surface area contributed by atoms with Crippen molar-refractivity contribution in [3.63, 3.8) is 0 Å². The molecule has 0 amide bonds. The van der Waals surface area contributed by atoms with Crippen molar-refractivity contribution in [2.45, 2.75) is 12.1 Å². The van der Waals surface area contributed by atoms with Crippen LogP contribution < -0.4 is 0 Å². The molecule has 0 aliphatic heterocycles. The number of nitrogens with zero attached hydrogens (tertiary/aromatic N) is 4. The van der Waals surface area contributed by atoms with Gasteiger partial charge in [-0.05, 0) is 5.56 Å². The van der Waals surface area contributed by atoms with Crippen LogP contribution in [-0.2, 0) is 6.18 Å². The summed E-state index contributed by atoms with van der Waals surface area (Å²) in [6.07, 6.45) is -3.67. The summed E-state index contributed by atoms with van der Waals surface area (Å²) in [6, 6.07) is 7.76. The first kappa shape index (κ1) is 14.5. The Balaban J connectivity index is 2.27. The Bertz CT molecular complexity index is 686. The van der Waals surface area contributed by atoms with Gasteiger partial charge in [0, 0.05) is 5.56 Å². The van der Waals surface area contributed by atoms with Crippen LogP contribution in [0.5, 0.6) is 0 Å². The minimum Gasteiger partial charge on any atom is -0.411 e. The molecular formula is C12H7F3N4O2. The molecule has 0 spiro atoms. The lowest BCUT2D eigenvalue weighted by atomic mass is 10.0. The highest BCUT2D eigenvalue weighted by atomic mass is 19.4. The Morgan fingerprint density at radius 2 is 2.00 bits per heavy atom. The molecule has 0 aliphatic rings. The van der Waals surface area contributed by atoms with Gasteiger partial charge in [0.2, 0.25) is 5.82 Å². The van der Waals surface area contributed by atoms with Crippen molar-refractivity contribution >= 4 is 6.21 Å². The van der Waals surface area contributed by atoms with Gasteiger partial charge in [-0.1, -0.05) is 29.4 Å². The van der Waals surface area contributed by atoms with Crippen molar-refractivity contribution in [2.24, 2.45) is 5.16 Å². The molecule has 1 N–H and O–H groups in total. The van der Waals surface area contributed by atoms with Crippen molar-refractivity contribution in [2.75, 3.05) is 0 Å². The normalized spacial score (nSPS) is 13.2. The summed E-state index contributed by atoms with van der Waals surface area (Å²) < 4.78 is 41.2. The largest absolute Gasteiger partial charge is 0.471 e. The first-order valence-corrected chi connectivity index (χ1v) is 5.54. The molecule has 1 unspecified atom stereocenters. The number of benzene rings is 1. The summed E-state index contributed by atoms with van der Waals surface area (Å²) in [5.41, 5.74) is 0.814. The molecule has 1 atom stereocenters. The van der Waals surface area contributed by atoms with E-state index in [2.05, 4.69) is 19.8 Å². The number of hydrogen-bond donors (Lipinski definition) is 1.